The summed E-state index contributed by atoms with van der Waals surface area (Å²) in [6, 6.07) is 10.1. The Hall–Kier alpha value is -1.83. The molecule has 0 amide bonds. The molecular formula is C12H9NO. The SMILES string of the molecule is Cc1cc2c(cnc3ccccc32)o1. The van der Waals surface area contributed by atoms with Crippen LogP contribution in [0.15, 0.2) is 40.9 Å². The van der Waals surface area contributed by atoms with Crippen molar-refractivity contribution in [3.8, 4) is 0 Å². The van der Waals surface area contributed by atoms with E-state index in [4.69, 9.17) is 4.42 Å². The molecule has 3 rings (SSSR count). The molecule has 0 N–H and O–H groups in total. The monoisotopic (exact) mass is 183 g/mol. The fraction of sp³-hybridized carbons (Fsp3) is 0.0833. The molecule has 0 aliphatic carbocycles. The second kappa shape index (κ2) is 2.58. The molecule has 0 fully saturated rings. The number of rotatable bonds is 0. The number of aryl methyl sites for hydroxylation is 1. The highest BCUT2D eigenvalue weighted by Crippen LogP contribution is 2.25. The van der Waals surface area contributed by atoms with Crippen molar-refractivity contribution in [1.82, 2.24) is 4.98 Å². The van der Waals surface area contributed by atoms with Gasteiger partial charge in [0.25, 0.3) is 0 Å². The third-order valence-corrected chi connectivity index (χ3v) is 2.40. The van der Waals surface area contributed by atoms with Crippen molar-refractivity contribution in [1.29, 1.82) is 0 Å². The molecule has 0 radical (unpaired) electrons. The minimum atomic E-state index is 0.862. The van der Waals surface area contributed by atoms with Crippen LogP contribution in [-0.4, -0.2) is 4.98 Å². The van der Waals surface area contributed by atoms with Crippen molar-refractivity contribution in [2.24, 2.45) is 0 Å². The standard InChI is InChI=1S/C12H9NO/c1-8-6-10-9-4-2-3-5-11(9)13-7-12(10)14-8/h2-7H,1H3. The number of fused-ring (bicyclic) bond motifs is 3. The molecule has 0 saturated heterocycles. The fourth-order valence-corrected chi connectivity index (χ4v) is 1.78. The second-order valence-electron chi connectivity index (χ2n) is 3.41. The zero-order chi connectivity index (χ0) is 9.54. The van der Waals surface area contributed by atoms with Crippen LogP contribution in [0.3, 0.4) is 0 Å². The number of hydrogen-bond acceptors (Lipinski definition) is 2. The Labute approximate surface area is 81.2 Å². The van der Waals surface area contributed by atoms with Gasteiger partial charge in [-0.25, -0.2) is 0 Å². The van der Waals surface area contributed by atoms with Crippen LogP contribution in [0.1, 0.15) is 5.76 Å². The summed E-state index contributed by atoms with van der Waals surface area (Å²) in [7, 11) is 0. The average molecular weight is 183 g/mol. The minimum absolute atomic E-state index is 0.862. The zero-order valence-corrected chi connectivity index (χ0v) is 7.82. The maximum atomic E-state index is 5.51. The minimum Gasteiger partial charge on any atom is -0.460 e. The van der Waals surface area contributed by atoms with Gasteiger partial charge in [0.05, 0.1) is 11.7 Å². The largest absolute Gasteiger partial charge is 0.460 e. The van der Waals surface area contributed by atoms with Gasteiger partial charge in [-0.1, -0.05) is 18.2 Å². The Morgan fingerprint density at radius 3 is 2.93 bits per heavy atom. The van der Waals surface area contributed by atoms with Crippen LogP contribution in [0.4, 0.5) is 0 Å². The van der Waals surface area contributed by atoms with E-state index in [2.05, 4.69) is 17.1 Å². The normalized spacial score (nSPS) is 11.2. The van der Waals surface area contributed by atoms with E-state index >= 15 is 0 Å². The molecule has 2 heterocycles. The van der Waals surface area contributed by atoms with E-state index in [9.17, 15) is 0 Å². The first-order chi connectivity index (χ1) is 6.84. The molecule has 14 heavy (non-hydrogen) atoms. The molecule has 0 bridgehead atoms. The van der Waals surface area contributed by atoms with Gasteiger partial charge in [-0.15, -0.1) is 0 Å². The summed E-state index contributed by atoms with van der Waals surface area (Å²) in [5, 5.41) is 2.30. The lowest BCUT2D eigenvalue weighted by atomic mass is 10.1. The van der Waals surface area contributed by atoms with Crippen LogP contribution in [0.5, 0.6) is 0 Å². The van der Waals surface area contributed by atoms with Gasteiger partial charge in [0.1, 0.15) is 5.76 Å². The maximum absolute atomic E-state index is 5.51. The third-order valence-electron chi connectivity index (χ3n) is 2.40. The summed E-state index contributed by atoms with van der Waals surface area (Å²) >= 11 is 0. The number of furan rings is 1. The number of pyridine rings is 1. The Balaban J connectivity index is 2.60. The highest BCUT2D eigenvalue weighted by Gasteiger charge is 2.04. The van der Waals surface area contributed by atoms with Gasteiger partial charge in [-0.05, 0) is 19.1 Å². The number of para-hydroxylation sites is 1. The molecule has 0 saturated carbocycles. The predicted molar refractivity (Wildman–Crippen MR) is 56.3 cm³/mol. The molecule has 2 aromatic heterocycles. The Morgan fingerprint density at radius 2 is 2.00 bits per heavy atom. The molecule has 0 aliphatic heterocycles. The Morgan fingerprint density at radius 1 is 1.14 bits per heavy atom. The van der Waals surface area contributed by atoms with Crippen LogP contribution in [0, 0.1) is 6.92 Å². The van der Waals surface area contributed by atoms with Gasteiger partial charge in [0.15, 0.2) is 5.58 Å². The van der Waals surface area contributed by atoms with Crippen molar-refractivity contribution in [2.75, 3.05) is 0 Å². The van der Waals surface area contributed by atoms with Gasteiger partial charge in [0, 0.05) is 10.8 Å². The molecule has 2 heteroatoms. The first-order valence-corrected chi connectivity index (χ1v) is 4.58. The van der Waals surface area contributed by atoms with Crippen molar-refractivity contribution in [2.45, 2.75) is 6.92 Å². The molecular weight excluding hydrogens is 174 g/mol. The molecule has 68 valence electrons. The average Bonchev–Trinajstić information content (AvgIpc) is 2.59. The lowest BCUT2D eigenvalue weighted by Crippen LogP contribution is -1.76. The fourth-order valence-electron chi connectivity index (χ4n) is 1.78. The molecule has 3 aromatic rings. The number of aromatic nitrogens is 1. The van der Waals surface area contributed by atoms with E-state index in [-0.39, 0.29) is 0 Å². The van der Waals surface area contributed by atoms with Crippen LogP contribution in [-0.2, 0) is 0 Å². The third kappa shape index (κ3) is 0.940. The van der Waals surface area contributed by atoms with E-state index < -0.39 is 0 Å². The molecule has 1 aromatic carbocycles. The van der Waals surface area contributed by atoms with Crippen LogP contribution in [0.25, 0.3) is 21.9 Å². The number of nitrogens with zero attached hydrogens (tertiary/aromatic N) is 1. The van der Waals surface area contributed by atoms with Gasteiger partial charge >= 0.3 is 0 Å². The second-order valence-corrected chi connectivity index (χ2v) is 3.41. The van der Waals surface area contributed by atoms with Crippen molar-refractivity contribution >= 4 is 21.9 Å². The first-order valence-electron chi connectivity index (χ1n) is 4.58. The van der Waals surface area contributed by atoms with Crippen molar-refractivity contribution < 1.29 is 4.42 Å². The van der Waals surface area contributed by atoms with E-state index in [0.29, 0.717) is 0 Å². The summed E-state index contributed by atoms with van der Waals surface area (Å²) in [6.07, 6.45) is 1.78. The Bertz CT molecular complexity index is 610. The zero-order valence-electron chi connectivity index (χ0n) is 7.82. The van der Waals surface area contributed by atoms with Crippen molar-refractivity contribution in [3.63, 3.8) is 0 Å². The molecule has 0 atom stereocenters. The summed E-state index contributed by atoms with van der Waals surface area (Å²) in [4.78, 5) is 4.33. The smallest absolute Gasteiger partial charge is 0.153 e. The molecule has 2 nitrogen and oxygen atoms in total. The lowest BCUT2D eigenvalue weighted by Gasteiger charge is -1.95. The predicted octanol–water partition coefficient (Wildman–Crippen LogP) is 3.29. The highest BCUT2D eigenvalue weighted by molar-refractivity contribution is 6.03. The van der Waals surface area contributed by atoms with E-state index in [1.165, 1.54) is 0 Å². The van der Waals surface area contributed by atoms with Crippen molar-refractivity contribution in [3.05, 3.63) is 42.3 Å². The summed E-state index contributed by atoms with van der Waals surface area (Å²) in [5.74, 6) is 0.929. The number of benzene rings is 1. The van der Waals surface area contributed by atoms with Crippen LogP contribution in [0.2, 0.25) is 0 Å². The van der Waals surface area contributed by atoms with Crippen LogP contribution < -0.4 is 0 Å². The first kappa shape index (κ1) is 7.56. The molecule has 0 unspecified atom stereocenters. The van der Waals surface area contributed by atoms with Gasteiger partial charge in [0.2, 0.25) is 0 Å². The molecule has 0 spiro atoms. The Kier molecular flexibility index (Phi) is 1.39. The van der Waals surface area contributed by atoms with Crippen LogP contribution >= 0.6 is 0 Å². The van der Waals surface area contributed by atoms with E-state index in [1.54, 1.807) is 6.20 Å². The number of hydrogen-bond donors (Lipinski definition) is 0. The summed E-state index contributed by atoms with van der Waals surface area (Å²) in [5.41, 5.74) is 1.88. The summed E-state index contributed by atoms with van der Waals surface area (Å²) in [6.45, 7) is 1.95. The van der Waals surface area contributed by atoms with Gasteiger partial charge < -0.3 is 4.42 Å². The van der Waals surface area contributed by atoms with E-state index in [1.807, 2.05) is 25.1 Å². The topological polar surface area (TPSA) is 26.0 Å². The summed E-state index contributed by atoms with van der Waals surface area (Å²) < 4.78 is 5.51. The van der Waals surface area contributed by atoms with Gasteiger partial charge in [-0.3, -0.25) is 4.98 Å². The van der Waals surface area contributed by atoms with E-state index in [0.717, 1.165) is 27.6 Å². The lowest BCUT2D eigenvalue weighted by molar-refractivity contribution is 0.577. The highest BCUT2D eigenvalue weighted by atomic mass is 16.3. The quantitative estimate of drug-likeness (QED) is 0.534. The maximum Gasteiger partial charge on any atom is 0.153 e. The molecule has 0 aliphatic rings. The van der Waals surface area contributed by atoms with Gasteiger partial charge in [-0.2, -0.15) is 0 Å².